The molecule has 0 bridgehead atoms. The van der Waals surface area contributed by atoms with Crippen molar-refractivity contribution in [3.8, 4) is 0 Å². The highest BCUT2D eigenvalue weighted by molar-refractivity contribution is 9.10. The van der Waals surface area contributed by atoms with Crippen molar-refractivity contribution < 1.29 is 9.59 Å². The second-order valence-electron chi connectivity index (χ2n) is 5.31. The molecule has 1 aromatic carbocycles. The summed E-state index contributed by atoms with van der Waals surface area (Å²) in [6, 6.07) is 7.17. The first-order chi connectivity index (χ1) is 11.9. The third-order valence-electron chi connectivity index (χ3n) is 3.60. The lowest BCUT2D eigenvalue weighted by atomic mass is 10.2. The number of thiophene rings is 1. The molecular formula is C16H13BrN4O3S. The van der Waals surface area contributed by atoms with Crippen molar-refractivity contribution >= 4 is 55.0 Å². The van der Waals surface area contributed by atoms with Crippen molar-refractivity contribution in [3.05, 3.63) is 55.9 Å². The van der Waals surface area contributed by atoms with Crippen LogP contribution in [0.15, 0.2) is 39.9 Å². The fourth-order valence-electron chi connectivity index (χ4n) is 2.41. The number of nitrogens with two attached hydrogens (primary N) is 1. The van der Waals surface area contributed by atoms with Crippen LogP contribution in [-0.2, 0) is 11.3 Å². The molecule has 3 aromatic rings. The van der Waals surface area contributed by atoms with Gasteiger partial charge in [-0.15, -0.1) is 11.3 Å². The summed E-state index contributed by atoms with van der Waals surface area (Å²) >= 11 is 4.42. The number of anilines is 1. The molecule has 2 heterocycles. The van der Waals surface area contributed by atoms with Crippen molar-refractivity contribution in [2.45, 2.75) is 13.5 Å². The SMILES string of the molecule is Cc1c(C(N)=O)sc2ncn(CC(=O)Nc3ccccc3Br)c(=O)c12. The van der Waals surface area contributed by atoms with Crippen LogP contribution in [0.2, 0.25) is 0 Å². The van der Waals surface area contributed by atoms with Crippen molar-refractivity contribution in [3.63, 3.8) is 0 Å². The Morgan fingerprint density at radius 2 is 2.08 bits per heavy atom. The second-order valence-corrected chi connectivity index (χ2v) is 7.16. The Labute approximate surface area is 154 Å². The zero-order valence-corrected chi connectivity index (χ0v) is 15.5. The molecule has 7 nitrogen and oxygen atoms in total. The average molecular weight is 421 g/mol. The lowest BCUT2D eigenvalue weighted by Gasteiger charge is -2.08. The quantitative estimate of drug-likeness (QED) is 0.674. The molecule has 0 aliphatic heterocycles. The molecular weight excluding hydrogens is 408 g/mol. The number of nitrogens with one attached hydrogen (secondary N) is 1. The van der Waals surface area contributed by atoms with Gasteiger partial charge in [-0.3, -0.25) is 19.0 Å². The first-order valence-electron chi connectivity index (χ1n) is 7.21. The van der Waals surface area contributed by atoms with E-state index < -0.39 is 5.91 Å². The van der Waals surface area contributed by atoms with Gasteiger partial charge in [0.05, 0.1) is 22.3 Å². The molecule has 0 spiro atoms. The summed E-state index contributed by atoms with van der Waals surface area (Å²) in [7, 11) is 0. The van der Waals surface area contributed by atoms with Gasteiger partial charge in [0.15, 0.2) is 0 Å². The molecule has 0 radical (unpaired) electrons. The third-order valence-corrected chi connectivity index (χ3v) is 5.51. The Kier molecular flexibility index (Phi) is 4.69. The van der Waals surface area contributed by atoms with Crippen LogP contribution < -0.4 is 16.6 Å². The van der Waals surface area contributed by atoms with Gasteiger partial charge in [-0.2, -0.15) is 0 Å². The number of carbonyl (C=O) groups excluding carboxylic acids is 2. The van der Waals surface area contributed by atoms with E-state index in [1.54, 1.807) is 25.1 Å². The van der Waals surface area contributed by atoms with Gasteiger partial charge < -0.3 is 11.1 Å². The molecule has 0 atom stereocenters. The maximum absolute atomic E-state index is 12.6. The predicted octanol–water partition coefficient (Wildman–Crippen LogP) is 2.27. The Hall–Kier alpha value is -2.52. The first kappa shape index (κ1) is 17.3. The predicted molar refractivity (Wildman–Crippen MR) is 99.9 cm³/mol. The highest BCUT2D eigenvalue weighted by Gasteiger charge is 2.18. The minimum atomic E-state index is -0.599. The molecule has 2 amide bonds. The van der Waals surface area contributed by atoms with Crippen LogP contribution >= 0.6 is 27.3 Å². The number of primary amides is 1. The molecule has 9 heteroatoms. The van der Waals surface area contributed by atoms with Gasteiger partial charge in [0.1, 0.15) is 11.4 Å². The van der Waals surface area contributed by atoms with Gasteiger partial charge in [0.25, 0.3) is 11.5 Å². The number of aromatic nitrogens is 2. The van der Waals surface area contributed by atoms with E-state index in [9.17, 15) is 14.4 Å². The maximum Gasteiger partial charge on any atom is 0.262 e. The van der Waals surface area contributed by atoms with Crippen molar-refractivity contribution in [1.82, 2.24) is 9.55 Å². The van der Waals surface area contributed by atoms with E-state index in [2.05, 4.69) is 26.2 Å². The van der Waals surface area contributed by atoms with Crippen LogP contribution in [0.1, 0.15) is 15.2 Å². The summed E-state index contributed by atoms with van der Waals surface area (Å²) in [4.78, 5) is 41.2. The summed E-state index contributed by atoms with van der Waals surface area (Å²) in [5, 5.41) is 3.04. The van der Waals surface area contributed by atoms with Gasteiger partial charge in [-0.05, 0) is 40.5 Å². The van der Waals surface area contributed by atoms with E-state index in [0.717, 1.165) is 15.8 Å². The number of rotatable bonds is 4. The molecule has 0 fully saturated rings. The molecule has 0 aliphatic carbocycles. The largest absolute Gasteiger partial charge is 0.365 e. The van der Waals surface area contributed by atoms with Crippen LogP contribution in [0.5, 0.6) is 0 Å². The van der Waals surface area contributed by atoms with Crippen LogP contribution in [0, 0.1) is 6.92 Å². The fourth-order valence-corrected chi connectivity index (χ4v) is 3.79. The number of hydrogen-bond donors (Lipinski definition) is 2. The van der Waals surface area contributed by atoms with Crippen molar-refractivity contribution in [2.75, 3.05) is 5.32 Å². The summed E-state index contributed by atoms with van der Waals surface area (Å²) in [6.07, 6.45) is 1.30. The number of aryl methyl sites for hydroxylation is 1. The van der Waals surface area contributed by atoms with Gasteiger partial charge in [-0.25, -0.2) is 4.98 Å². The summed E-state index contributed by atoms with van der Waals surface area (Å²) in [6.45, 7) is 1.46. The van der Waals surface area contributed by atoms with E-state index in [-0.39, 0.29) is 18.0 Å². The Bertz CT molecular complexity index is 1060. The highest BCUT2D eigenvalue weighted by Crippen LogP contribution is 2.26. The van der Waals surface area contributed by atoms with Crippen LogP contribution in [0.4, 0.5) is 5.69 Å². The van der Waals surface area contributed by atoms with Crippen LogP contribution in [-0.4, -0.2) is 21.4 Å². The van der Waals surface area contributed by atoms with E-state index in [4.69, 9.17) is 5.73 Å². The van der Waals surface area contributed by atoms with Gasteiger partial charge in [-0.1, -0.05) is 12.1 Å². The second kappa shape index (κ2) is 6.77. The van der Waals surface area contributed by atoms with Gasteiger partial charge in [0, 0.05) is 4.47 Å². The lowest BCUT2D eigenvalue weighted by molar-refractivity contribution is -0.116. The van der Waals surface area contributed by atoms with E-state index in [0.29, 0.717) is 26.3 Å². The molecule has 0 aliphatic rings. The van der Waals surface area contributed by atoms with Gasteiger partial charge >= 0.3 is 0 Å². The number of halogens is 1. The molecule has 3 rings (SSSR count). The normalized spacial score (nSPS) is 10.8. The minimum absolute atomic E-state index is 0.190. The molecule has 25 heavy (non-hydrogen) atoms. The van der Waals surface area contributed by atoms with E-state index >= 15 is 0 Å². The number of benzene rings is 1. The molecule has 0 saturated heterocycles. The summed E-state index contributed by atoms with van der Waals surface area (Å²) < 4.78 is 1.95. The van der Waals surface area contributed by atoms with E-state index in [1.165, 1.54) is 10.9 Å². The van der Waals surface area contributed by atoms with Gasteiger partial charge in [0.2, 0.25) is 5.91 Å². The Morgan fingerprint density at radius 1 is 1.36 bits per heavy atom. The zero-order valence-electron chi connectivity index (χ0n) is 13.1. The molecule has 128 valence electrons. The number of carbonyl (C=O) groups is 2. The van der Waals surface area contributed by atoms with Crippen molar-refractivity contribution in [1.29, 1.82) is 0 Å². The smallest absolute Gasteiger partial charge is 0.262 e. The molecule has 0 unspecified atom stereocenters. The fraction of sp³-hybridized carbons (Fsp3) is 0.125. The highest BCUT2D eigenvalue weighted by atomic mass is 79.9. The van der Waals surface area contributed by atoms with Crippen LogP contribution in [0.25, 0.3) is 10.2 Å². The Balaban J connectivity index is 1.92. The van der Waals surface area contributed by atoms with E-state index in [1.807, 2.05) is 6.07 Å². The number of fused-ring (bicyclic) bond motifs is 1. The number of para-hydroxylation sites is 1. The maximum atomic E-state index is 12.6. The standard InChI is InChI=1S/C16H13BrN4O3S/c1-8-12-15(25-13(8)14(18)23)19-7-21(16(12)24)6-11(22)20-10-5-3-2-4-9(10)17/h2-5,7H,6H2,1H3,(H2,18,23)(H,20,22). The number of hydrogen-bond acceptors (Lipinski definition) is 5. The monoisotopic (exact) mass is 420 g/mol. The number of amides is 2. The average Bonchev–Trinajstić information content (AvgIpc) is 2.90. The zero-order chi connectivity index (χ0) is 18.1. The minimum Gasteiger partial charge on any atom is -0.365 e. The summed E-state index contributed by atoms with van der Waals surface area (Å²) in [5.41, 5.74) is 6.03. The topological polar surface area (TPSA) is 107 Å². The summed E-state index contributed by atoms with van der Waals surface area (Å²) in [5.74, 6) is -0.962. The number of nitrogens with zero attached hydrogens (tertiary/aromatic N) is 2. The third kappa shape index (κ3) is 3.33. The Morgan fingerprint density at radius 3 is 2.76 bits per heavy atom. The molecule has 0 saturated carbocycles. The molecule has 2 aromatic heterocycles. The van der Waals surface area contributed by atoms with Crippen molar-refractivity contribution in [2.24, 2.45) is 5.73 Å². The lowest BCUT2D eigenvalue weighted by Crippen LogP contribution is -2.28. The van der Waals surface area contributed by atoms with Crippen LogP contribution in [0.3, 0.4) is 0 Å². The molecule has 3 N–H and O–H groups in total. The first-order valence-corrected chi connectivity index (χ1v) is 8.82.